The molecule has 0 aromatic rings. The number of hydrogen-bond acceptors (Lipinski definition) is 6. The first-order valence-corrected chi connectivity index (χ1v) is 34.3. The predicted molar refractivity (Wildman–Crippen MR) is 330 cm³/mol. The second-order valence-electron chi connectivity index (χ2n) is 23.4. The van der Waals surface area contributed by atoms with Gasteiger partial charge in [0.25, 0.3) is 0 Å². The summed E-state index contributed by atoms with van der Waals surface area (Å²) >= 11 is 0. The normalized spacial score (nSPS) is 12.1. The fraction of sp³-hybridized carbons (Fsp3) is 0.900. The van der Waals surface area contributed by atoms with Gasteiger partial charge in [-0.05, 0) is 70.6 Å². The summed E-state index contributed by atoms with van der Waals surface area (Å²) < 4.78 is 17.0. The quantitative estimate of drug-likeness (QED) is 0.0261. The minimum Gasteiger partial charge on any atom is -0.462 e. The predicted octanol–water partition coefficient (Wildman–Crippen LogP) is 23.4. The molecule has 6 nitrogen and oxygen atoms in total. The smallest absolute Gasteiger partial charge is 0.306 e. The van der Waals surface area contributed by atoms with Crippen molar-refractivity contribution < 1.29 is 28.6 Å². The number of allylic oxidation sites excluding steroid dienone is 4. The molecule has 0 fully saturated rings. The third-order valence-corrected chi connectivity index (χ3v) is 15.7. The van der Waals surface area contributed by atoms with Crippen molar-refractivity contribution in [2.75, 3.05) is 13.2 Å². The first-order chi connectivity index (χ1) is 37.5. The minimum atomic E-state index is -0.770. The molecule has 0 aliphatic carbocycles. The maximum atomic E-state index is 12.9. The molecule has 6 heteroatoms. The van der Waals surface area contributed by atoms with Gasteiger partial charge < -0.3 is 14.2 Å². The highest BCUT2D eigenvalue weighted by Crippen LogP contribution is 2.18. The van der Waals surface area contributed by atoms with Crippen LogP contribution in [-0.4, -0.2) is 37.2 Å². The van der Waals surface area contributed by atoms with Gasteiger partial charge >= 0.3 is 17.9 Å². The zero-order valence-corrected chi connectivity index (χ0v) is 51.6. The Hall–Kier alpha value is -2.11. The van der Waals surface area contributed by atoms with Gasteiger partial charge in [0.1, 0.15) is 13.2 Å². The van der Waals surface area contributed by atoms with Crippen molar-refractivity contribution in [1.82, 2.24) is 0 Å². The van der Waals surface area contributed by atoms with Crippen LogP contribution >= 0.6 is 0 Å². The molecule has 448 valence electrons. The first kappa shape index (κ1) is 73.9. The van der Waals surface area contributed by atoms with Crippen molar-refractivity contribution >= 4 is 17.9 Å². The van der Waals surface area contributed by atoms with Crippen LogP contribution in [0.4, 0.5) is 0 Å². The number of carbonyl (C=O) groups excluding carboxylic acids is 3. The molecule has 1 unspecified atom stereocenters. The second-order valence-corrected chi connectivity index (χ2v) is 23.4. The fourth-order valence-electron chi connectivity index (χ4n) is 10.5. The van der Waals surface area contributed by atoms with E-state index in [1.165, 1.54) is 289 Å². The Kier molecular flexibility index (Phi) is 63.6. The zero-order valence-electron chi connectivity index (χ0n) is 51.6. The van der Waals surface area contributed by atoms with Crippen molar-refractivity contribution in [1.29, 1.82) is 0 Å². The van der Waals surface area contributed by atoms with Crippen molar-refractivity contribution in [3.8, 4) is 0 Å². The lowest BCUT2D eigenvalue weighted by Crippen LogP contribution is -2.30. The fourth-order valence-corrected chi connectivity index (χ4v) is 10.5. The maximum absolute atomic E-state index is 12.9. The van der Waals surface area contributed by atoms with Gasteiger partial charge in [0.2, 0.25) is 0 Å². The van der Waals surface area contributed by atoms with E-state index in [0.717, 1.165) is 57.8 Å². The van der Waals surface area contributed by atoms with Gasteiger partial charge in [-0.2, -0.15) is 0 Å². The van der Waals surface area contributed by atoms with E-state index in [0.29, 0.717) is 19.3 Å². The molecule has 0 bridgehead atoms. The van der Waals surface area contributed by atoms with Crippen LogP contribution in [0.25, 0.3) is 0 Å². The second kappa shape index (κ2) is 65.4. The summed E-state index contributed by atoms with van der Waals surface area (Å²) in [5.74, 6) is -0.840. The molecule has 0 heterocycles. The summed E-state index contributed by atoms with van der Waals surface area (Å²) in [6.45, 7) is 6.71. The van der Waals surface area contributed by atoms with E-state index in [1.807, 2.05) is 0 Å². The summed E-state index contributed by atoms with van der Waals surface area (Å²) in [7, 11) is 0. The lowest BCUT2D eigenvalue weighted by atomic mass is 10.0. The van der Waals surface area contributed by atoms with Crippen LogP contribution in [0, 0.1) is 0 Å². The van der Waals surface area contributed by atoms with Gasteiger partial charge in [-0.15, -0.1) is 0 Å². The van der Waals surface area contributed by atoms with Crippen LogP contribution < -0.4 is 0 Å². The van der Waals surface area contributed by atoms with Gasteiger partial charge in [0, 0.05) is 19.3 Å². The van der Waals surface area contributed by atoms with Crippen LogP contribution in [0.5, 0.6) is 0 Å². The van der Waals surface area contributed by atoms with Crippen molar-refractivity contribution in [3.63, 3.8) is 0 Å². The summed E-state index contributed by atoms with van der Waals surface area (Å²) in [6.07, 6.45) is 79.1. The monoisotopic (exact) mass is 1070 g/mol. The molecule has 0 rings (SSSR count). The van der Waals surface area contributed by atoms with Crippen LogP contribution in [0.1, 0.15) is 387 Å². The number of unbranched alkanes of at least 4 members (excludes halogenated alkanes) is 49. The van der Waals surface area contributed by atoms with E-state index in [-0.39, 0.29) is 31.1 Å². The molecule has 0 aromatic heterocycles. The summed E-state index contributed by atoms with van der Waals surface area (Å²) in [5.41, 5.74) is 0. The molecule has 0 spiro atoms. The summed E-state index contributed by atoms with van der Waals surface area (Å²) in [6, 6.07) is 0. The Bertz CT molecular complexity index is 1230. The van der Waals surface area contributed by atoms with E-state index < -0.39 is 6.10 Å². The molecule has 0 aliphatic rings. The minimum absolute atomic E-state index is 0.0666. The van der Waals surface area contributed by atoms with E-state index in [9.17, 15) is 14.4 Å². The van der Waals surface area contributed by atoms with Crippen molar-refractivity contribution in [3.05, 3.63) is 24.3 Å². The number of ether oxygens (including phenoxy) is 3. The van der Waals surface area contributed by atoms with Crippen LogP contribution in [0.3, 0.4) is 0 Å². The molecule has 76 heavy (non-hydrogen) atoms. The standard InChI is InChI=1S/C70H132O6/c1-4-7-10-13-16-19-22-25-28-30-32-34-35-37-38-40-42-45-48-51-54-57-60-63-69(72)75-66-67(65-74-68(71)62-59-56-53-50-47-44-27-24-21-18-15-12-9-6-3)76-70(73)64-61-58-55-52-49-46-43-41-39-36-33-31-29-26-23-20-17-14-11-8-5-2/h30-33,67H,4-29,34-66H2,1-3H3/b32-30-,33-31-. The number of rotatable bonds is 64. The highest BCUT2D eigenvalue weighted by molar-refractivity contribution is 5.71. The Morgan fingerprint density at radius 1 is 0.250 bits per heavy atom. The Balaban J connectivity index is 4.27. The lowest BCUT2D eigenvalue weighted by molar-refractivity contribution is -0.167. The highest BCUT2D eigenvalue weighted by atomic mass is 16.6. The molecule has 0 N–H and O–H groups in total. The maximum Gasteiger partial charge on any atom is 0.306 e. The molecule has 0 aliphatic heterocycles. The van der Waals surface area contributed by atoms with Crippen LogP contribution in [0.15, 0.2) is 24.3 Å². The molecule has 0 saturated carbocycles. The number of hydrogen-bond donors (Lipinski definition) is 0. The van der Waals surface area contributed by atoms with Gasteiger partial charge in [-0.1, -0.05) is 321 Å². The SMILES string of the molecule is CCCCCCCCCC/C=C\CCCCCCCCCCCCCC(=O)OCC(COC(=O)CCCCCCCCCCCCCCCC)OC(=O)CCCCCCCCCCC/C=C\CCCCCCCCCC. The van der Waals surface area contributed by atoms with Gasteiger partial charge in [-0.3, -0.25) is 14.4 Å². The average Bonchev–Trinajstić information content (AvgIpc) is 3.42. The van der Waals surface area contributed by atoms with Gasteiger partial charge in [0.05, 0.1) is 0 Å². The first-order valence-electron chi connectivity index (χ1n) is 34.3. The largest absolute Gasteiger partial charge is 0.462 e. The third kappa shape index (κ3) is 62.7. The molecule has 1 atom stereocenters. The third-order valence-electron chi connectivity index (χ3n) is 15.7. The number of carbonyl (C=O) groups is 3. The van der Waals surface area contributed by atoms with E-state index in [1.54, 1.807) is 0 Å². The topological polar surface area (TPSA) is 78.9 Å². The van der Waals surface area contributed by atoms with Gasteiger partial charge in [0.15, 0.2) is 6.10 Å². The Morgan fingerprint density at radius 2 is 0.434 bits per heavy atom. The van der Waals surface area contributed by atoms with Crippen LogP contribution in [-0.2, 0) is 28.6 Å². The van der Waals surface area contributed by atoms with E-state index in [4.69, 9.17) is 14.2 Å². The molecule has 0 saturated heterocycles. The number of esters is 3. The highest BCUT2D eigenvalue weighted by Gasteiger charge is 2.19. The Morgan fingerprint density at radius 3 is 0.658 bits per heavy atom. The summed E-state index contributed by atoms with van der Waals surface area (Å²) in [5, 5.41) is 0. The summed E-state index contributed by atoms with van der Waals surface area (Å²) in [4.78, 5) is 38.4. The van der Waals surface area contributed by atoms with E-state index >= 15 is 0 Å². The Labute approximate surface area is 474 Å². The van der Waals surface area contributed by atoms with E-state index in [2.05, 4.69) is 45.1 Å². The molecular formula is C70H132O6. The molecular weight excluding hydrogens is 937 g/mol. The van der Waals surface area contributed by atoms with Crippen LogP contribution in [0.2, 0.25) is 0 Å². The van der Waals surface area contributed by atoms with Crippen molar-refractivity contribution in [2.45, 2.75) is 393 Å². The van der Waals surface area contributed by atoms with Crippen molar-refractivity contribution in [2.24, 2.45) is 0 Å². The lowest BCUT2D eigenvalue weighted by Gasteiger charge is -2.18. The molecule has 0 aromatic carbocycles. The molecule has 0 amide bonds. The van der Waals surface area contributed by atoms with Gasteiger partial charge in [-0.25, -0.2) is 0 Å². The molecule has 0 radical (unpaired) electrons. The zero-order chi connectivity index (χ0) is 55.0. The average molecular weight is 1070 g/mol.